The first-order chi connectivity index (χ1) is 9.06. The number of anilines is 1. The molecule has 1 aromatic rings. The van der Waals surface area contributed by atoms with Crippen molar-refractivity contribution < 1.29 is 14.5 Å². The molecular formula is C11H15N3O4S. The maximum atomic E-state index is 11.0. The molecule has 1 N–H and O–H groups in total. The Balaban J connectivity index is 2.75. The number of methoxy groups -OCH3 is 1. The molecule has 0 aliphatic heterocycles. The Hall–Kier alpha value is -1.83. The van der Waals surface area contributed by atoms with Gasteiger partial charge in [0.1, 0.15) is 10.8 Å². The van der Waals surface area contributed by atoms with Crippen LogP contribution in [0.15, 0.2) is 17.2 Å². The van der Waals surface area contributed by atoms with Crippen molar-refractivity contribution in [3.05, 3.63) is 22.2 Å². The molecule has 0 aromatic carbocycles. The van der Waals surface area contributed by atoms with Gasteiger partial charge in [-0.3, -0.25) is 14.9 Å². The van der Waals surface area contributed by atoms with Crippen LogP contribution in [0.3, 0.4) is 0 Å². The second-order valence-electron chi connectivity index (χ2n) is 3.51. The molecule has 0 aliphatic carbocycles. The van der Waals surface area contributed by atoms with E-state index < -0.39 is 4.92 Å². The molecule has 104 valence electrons. The van der Waals surface area contributed by atoms with E-state index >= 15 is 0 Å². The molecule has 7 nitrogen and oxygen atoms in total. The highest BCUT2D eigenvalue weighted by atomic mass is 32.2. The van der Waals surface area contributed by atoms with Crippen LogP contribution in [0.4, 0.5) is 11.5 Å². The zero-order valence-electron chi connectivity index (χ0n) is 10.7. The molecule has 1 heterocycles. The molecule has 0 bridgehead atoms. The molecule has 0 aliphatic rings. The van der Waals surface area contributed by atoms with Crippen LogP contribution in [-0.2, 0) is 9.53 Å². The number of hydrogen-bond acceptors (Lipinski definition) is 7. The Labute approximate surface area is 114 Å². The normalized spacial score (nSPS) is 10.0. The molecule has 1 aromatic heterocycles. The molecule has 1 rings (SSSR count). The summed E-state index contributed by atoms with van der Waals surface area (Å²) in [5.74, 6) is 0.606. The molecule has 0 saturated carbocycles. The lowest BCUT2D eigenvalue weighted by Crippen LogP contribution is -2.03. The summed E-state index contributed by atoms with van der Waals surface area (Å²) < 4.78 is 4.52. The molecule has 0 unspecified atom stereocenters. The van der Waals surface area contributed by atoms with Crippen LogP contribution < -0.4 is 5.32 Å². The van der Waals surface area contributed by atoms with E-state index in [0.29, 0.717) is 23.1 Å². The number of nitrogens with one attached hydrogen (secondary N) is 1. The Kier molecular flexibility index (Phi) is 6.07. The molecule has 0 atom stereocenters. The number of nitrogens with zero attached hydrogens (tertiary/aromatic N) is 2. The van der Waals surface area contributed by atoms with E-state index in [1.807, 2.05) is 6.92 Å². The molecule has 0 saturated heterocycles. The number of carbonyl (C=O) groups is 1. The van der Waals surface area contributed by atoms with E-state index in [9.17, 15) is 14.9 Å². The first-order valence-electron chi connectivity index (χ1n) is 5.66. The minimum absolute atomic E-state index is 0.0217. The molecule has 8 heteroatoms. The van der Waals surface area contributed by atoms with E-state index in [-0.39, 0.29) is 18.1 Å². The van der Waals surface area contributed by atoms with Crippen LogP contribution in [0.5, 0.6) is 0 Å². The number of aromatic nitrogens is 1. The topological polar surface area (TPSA) is 94.4 Å². The maximum Gasteiger partial charge on any atom is 0.306 e. The lowest BCUT2D eigenvalue weighted by Gasteiger charge is -2.05. The third-order valence-electron chi connectivity index (χ3n) is 2.14. The van der Waals surface area contributed by atoms with Gasteiger partial charge in [0.2, 0.25) is 0 Å². The monoisotopic (exact) mass is 285 g/mol. The smallest absolute Gasteiger partial charge is 0.306 e. The summed E-state index contributed by atoms with van der Waals surface area (Å²) in [6.07, 6.45) is 0.238. The van der Waals surface area contributed by atoms with E-state index in [2.05, 4.69) is 15.0 Å². The number of carbonyl (C=O) groups excluding carboxylic acids is 1. The van der Waals surface area contributed by atoms with Crippen LogP contribution in [0.25, 0.3) is 0 Å². The van der Waals surface area contributed by atoms with E-state index in [1.54, 1.807) is 0 Å². The van der Waals surface area contributed by atoms with Gasteiger partial charge >= 0.3 is 5.97 Å². The lowest BCUT2D eigenvalue weighted by atomic mass is 10.4. The van der Waals surface area contributed by atoms with Gasteiger partial charge < -0.3 is 10.1 Å². The fourth-order valence-electron chi connectivity index (χ4n) is 1.28. The largest absolute Gasteiger partial charge is 0.469 e. The first kappa shape index (κ1) is 15.2. The average molecular weight is 285 g/mol. The van der Waals surface area contributed by atoms with Crippen molar-refractivity contribution in [3.8, 4) is 0 Å². The Morgan fingerprint density at radius 3 is 2.89 bits per heavy atom. The van der Waals surface area contributed by atoms with Gasteiger partial charge in [0, 0.05) is 18.4 Å². The van der Waals surface area contributed by atoms with E-state index in [0.717, 1.165) is 0 Å². The predicted octanol–water partition coefficient (Wildman–Crippen LogP) is 2.08. The highest BCUT2D eigenvalue weighted by Gasteiger charge is 2.11. The summed E-state index contributed by atoms with van der Waals surface area (Å²) >= 11 is 1.28. The highest BCUT2D eigenvalue weighted by molar-refractivity contribution is 7.99. The number of ether oxygens (including phenoxy) is 1. The molecule has 0 radical (unpaired) electrons. The Morgan fingerprint density at radius 2 is 2.32 bits per heavy atom. The van der Waals surface area contributed by atoms with Gasteiger partial charge in [-0.05, 0) is 6.92 Å². The summed E-state index contributed by atoms with van der Waals surface area (Å²) in [5, 5.41) is 14.2. The molecule has 0 fully saturated rings. The predicted molar refractivity (Wildman–Crippen MR) is 72.4 cm³/mol. The summed E-state index contributed by atoms with van der Waals surface area (Å²) in [5.41, 5.74) is -0.0217. The standard InChI is InChI=1S/C11H15N3O4S/c1-3-12-9-6-8(14(16)17)7-10(13-9)19-5-4-11(15)18-2/h6-7H,3-5H2,1-2H3,(H,12,13). The summed E-state index contributed by atoms with van der Waals surface area (Å²) in [6, 6.07) is 2.77. The van der Waals surface area contributed by atoms with Gasteiger partial charge in [-0.15, -0.1) is 11.8 Å². The van der Waals surface area contributed by atoms with Gasteiger partial charge in [-0.1, -0.05) is 0 Å². The minimum atomic E-state index is -0.465. The lowest BCUT2D eigenvalue weighted by molar-refractivity contribution is -0.385. The summed E-state index contributed by atoms with van der Waals surface area (Å²) in [4.78, 5) is 25.5. The van der Waals surface area contributed by atoms with Gasteiger partial charge in [0.15, 0.2) is 0 Å². The van der Waals surface area contributed by atoms with Gasteiger partial charge in [-0.2, -0.15) is 0 Å². The number of nitro groups is 1. The Morgan fingerprint density at radius 1 is 1.58 bits per heavy atom. The molecule has 0 spiro atoms. The molecular weight excluding hydrogens is 270 g/mol. The molecule has 0 amide bonds. The number of thioether (sulfide) groups is 1. The van der Waals surface area contributed by atoms with Crippen molar-refractivity contribution in [3.63, 3.8) is 0 Å². The second kappa shape index (κ2) is 7.57. The van der Waals surface area contributed by atoms with Crippen LogP contribution >= 0.6 is 11.8 Å². The Bertz CT molecular complexity index is 467. The van der Waals surface area contributed by atoms with Gasteiger partial charge in [0.05, 0.1) is 24.5 Å². The van der Waals surface area contributed by atoms with Crippen molar-refractivity contribution in [2.75, 3.05) is 24.7 Å². The zero-order chi connectivity index (χ0) is 14.3. The van der Waals surface area contributed by atoms with Crippen LogP contribution in [0, 0.1) is 10.1 Å². The zero-order valence-corrected chi connectivity index (χ0v) is 11.5. The number of hydrogen-bond donors (Lipinski definition) is 1. The van der Waals surface area contributed by atoms with E-state index in [1.165, 1.54) is 31.0 Å². The highest BCUT2D eigenvalue weighted by Crippen LogP contribution is 2.25. The first-order valence-corrected chi connectivity index (χ1v) is 6.65. The van der Waals surface area contributed by atoms with Crippen LogP contribution in [-0.4, -0.2) is 35.3 Å². The fraction of sp³-hybridized carbons (Fsp3) is 0.455. The second-order valence-corrected chi connectivity index (χ2v) is 4.63. The van der Waals surface area contributed by atoms with E-state index in [4.69, 9.17) is 0 Å². The van der Waals surface area contributed by atoms with Gasteiger partial charge in [-0.25, -0.2) is 4.98 Å². The van der Waals surface area contributed by atoms with Crippen LogP contribution in [0.1, 0.15) is 13.3 Å². The fourth-order valence-corrected chi connectivity index (χ4v) is 2.13. The quantitative estimate of drug-likeness (QED) is 0.354. The number of rotatable bonds is 7. The van der Waals surface area contributed by atoms with Gasteiger partial charge in [0.25, 0.3) is 5.69 Å². The SMILES string of the molecule is CCNc1cc([N+](=O)[O-])cc(SCCC(=O)OC)n1. The van der Waals surface area contributed by atoms with Crippen molar-refractivity contribution >= 4 is 29.2 Å². The van der Waals surface area contributed by atoms with Crippen molar-refractivity contribution in [2.24, 2.45) is 0 Å². The number of pyridine rings is 1. The third-order valence-corrected chi connectivity index (χ3v) is 3.05. The molecule has 19 heavy (non-hydrogen) atoms. The summed E-state index contributed by atoms with van der Waals surface area (Å²) in [6.45, 7) is 2.50. The van der Waals surface area contributed by atoms with Crippen molar-refractivity contribution in [1.29, 1.82) is 0 Å². The third kappa shape index (κ3) is 5.12. The van der Waals surface area contributed by atoms with Crippen LogP contribution in [0.2, 0.25) is 0 Å². The maximum absolute atomic E-state index is 11.0. The number of esters is 1. The minimum Gasteiger partial charge on any atom is -0.469 e. The average Bonchev–Trinajstić information content (AvgIpc) is 2.38. The summed E-state index contributed by atoms with van der Waals surface area (Å²) in [7, 11) is 1.32. The van der Waals surface area contributed by atoms with Crippen molar-refractivity contribution in [1.82, 2.24) is 4.98 Å². The van der Waals surface area contributed by atoms with Crippen molar-refractivity contribution in [2.45, 2.75) is 18.4 Å².